The summed E-state index contributed by atoms with van der Waals surface area (Å²) in [6.07, 6.45) is 5.00. The van der Waals surface area contributed by atoms with Crippen molar-refractivity contribution in [3.05, 3.63) is 96.6 Å². The van der Waals surface area contributed by atoms with Crippen LogP contribution in [0.25, 0.3) is 0 Å². The van der Waals surface area contributed by atoms with Crippen LogP contribution in [0.4, 0.5) is 11.4 Å². The average molecular weight is 454 g/mol. The molecule has 0 radical (unpaired) electrons. The summed E-state index contributed by atoms with van der Waals surface area (Å²) in [5, 5.41) is 0. The summed E-state index contributed by atoms with van der Waals surface area (Å²) in [5.74, 6) is -0.423. The van der Waals surface area contributed by atoms with Crippen LogP contribution in [0.5, 0.6) is 0 Å². The van der Waals surface area contributed by atoms with Crippen LogP contribution in [0.1, 0.15) is 45.1 Å². The molecule has 3 aromatic carbocycles. The lowest BCUT2D eigenvalue weighted by molar-refractivity contribution is 0.364. The fourth-order valence-electron chi connectivity index (χ4n) is 3.84. The third kappa shape index (κ3) is 8.23. The van der Waals surface area contributed by atoms with Gasteiger partial charge in [0.2, 0.25) is 0 Å². The van der Waals surface area contributed by atoms with Crippen LogP contribution in [-0.4, -0.2) is 26.1 Å². The molecule has 0 heterocycles. The van der Waals surface area contributed by atoms with Crippen molar-refractivity contribution >= 4 is 21.5 Å². The molecular weight excluding hydrogens is 418 g/mol. The van der Waals surface area contributed by atoms with Gasteiger partial charge in [-0.25, -0.2) is 8.42 Å². The molecule has 0 aliphatic rings. The molecule has 0 saturated carbocycles. The second kappa shape index (κ2) is 13.2. The Bertz CT molecular complexity index is 941. The number of nitrogens with zero attached hydrogens (tertiary/aromatic N) is 1. The molecule has 0 amide bonds. The Morgan fingerprint density at radius 2 is 1.03 bits per heavy atom. The zero-order valence-corrected chi connectivity index (χ0v) is 20.0. The number of rotatable bonds is 10. The second-order valence-electron chi connectivity index (χ2n) is 7.98. The molecule has 0 bridgehead atoms. The van der Waals surface area contributed by atoms with Gasteiger partial charge in [-0.15, -0.1) is 0 Å². The highest BCUT2D eigenvalue weighted by Gasteiger charge is 2.31. The van der Waals surface area contributed by atoms with E-state index in [9.17, 15) is 13.0 Å². The zero-order valence-electron chi connectivity index (χ0n) is 19.2. The van der Waals surface area contributed by atoms with Gasteiger partial charge in [0.05, 0.1) is 29.0 Å². The first-order chi connectivity index (χ1) is 15.4. The molecule has 172 valence electrons. The molecule has 4 nitrogen and oxygen atoms in total. The molecule has 0 spiro atoms. The van der Waals surface area contributed by atoms with Gasteiger partial charge in [-0.1, -0.05) is 93.4 Å². The Morgan fingerprint density at radius 1 is 0.656 bits per heavy atom. The lowest BCUT2D eigenvalue weighted by atomic mass is 10.1. The molecule has 0 aliphatic carbocycles. The summed E-state index contributed by atoms with van der Waals surface area (Å²) in [5.41, 5.74) is 3.37. The van der Waals surface area contributed by atoms with Crippen molar-refractivity contribution in [2.45, 2.75) is 45.3 Å². The van der Waals surface area contributed by atoms with E-state index < -0.39 is 15.9 Å². The topological polar surface area (TPSA) is 57.2 Å². The first-order valence-corrected chi connectivity index (χ1v) is 12.9. The third-order valence-electron chi connectivity index (χ3n) is 5.47. The van der Waals surface area contributed by atoms with Crippen LogP contribution in [0.2, 0.25) is 0 Å². The minimum atomic E-state index is -4.13. The Morgan fingerprint density at radius 3 is 1.38 bits per heavy atom. The van der Waals surface area contributed by atoms with Gasteiger partial charge < -0.3 is 4.55 Å². The van der Waals surface area contributed by atoms with Gasteiger partial charge in [-0.3, -0.25) is 4.48 Å². The Kier molecular flexibility index (Phi) is 10.6. The molecular formula is C27H35NO3S. The largest absolute Gasteiger partial charge is 0.748 e. The Balaban J connectivity index is 0.000000278. The van der Waals surface area contributed by atoms with Gasteiger partial charge in [0.1, 0.15) is 11.4 Å². The van der Waals surface area contributed by atoms with Crippen LogP contribution >= 0.6 is 0 Å². The molecule has 3 aromatic rings. The summed E-state index contributed by atoms with van der Waals surface area (Å²) in [6, 6.07) is 30.4. The standard InChI is InChI=1S/C20H28N.C7H8O3S/c1-3-5-17-21(18-6-4-2,19-13-9-7-10-14-19)20-15-11-8-12-16-20;8-11(9,10)6-7-4-2-1-3-5-7/h7-16H,3-6,17-18H2,1-2H3;1-5H,6H2,(H,8,9,10)/q+1;/p-1. The second-order valence-corrected chi connectivity index (χ2v) is 9.38. The highest BCUT2D eigenvalue weighted by atomic mass is 32.2. The van der Waals surface area contributed by atoms with Crippen molar-refractivity contribution in [3.63, 3.8) is 0 Å². The fourth-order valence-corrected chi connectivity index (χ4v) is 4.44. The predicted octanol–water partition coefficient (Wildman–Crippen LogP) is 6.66. The molecule has 0 aliphatic heterocycles. The number of benzene rings is 3. The molecule has 32 heavy (non-hydrogen) atoms. The highest BCUT2D eigenvalue weighted by molar-refractivity contribution is 7.84. The molecule has 5 heteroatoms. The molecule has 0 atom stereocenters. The number of hydrogen-bond donors (Lipinski definition) is 0. The lowest BCUT2D eigenvalue weighted by Gasteiger charge is -2.38. The Labute approximate surface area is 193 Å². The van der Waals surface area contributed by atoms with E-state index in [4.69, 9.17) is 0 Å². The zero-order chi connectivity index (χ0) is 23.3. The van der Waals surface area contributed by atoms with E-state index in [1.165, 1.54) is 50.1 Å². The summed E-state index contributed by atoms with van der Waals surface area (Å²) in [4.78, 5) is 0. The first-order valence-electron chi connectivity index (χ1n) is 11.4. The maximum Gasteiger partial charge on any atom is 0.137 e. The monoisotopic (exact) mass is 453 g/mol. The van der Waals surface area contributed by atoms with E-state index in [0.29, 0.717) is 5.56 Å². The number of unbranched alkanes of at least 4 members (excludes halogenated alkanes) is 2. The van der Waals surface area contributed by atoms with Gasteiger partial charge in [-0.2, -0.15) is 0 Å². The highest BCUT2D eigenvalue weighted by Crippen LogP contribution is 2.35. The van der Waals surface area contributed by atoms with Crippen LogP contribution < -0.4 is 4.48 Å². The molecule has 3 rings (SSSR count). The maximum atomic E-state index is 10.2. The van der Waals surface area contributed by atoms with Crippen LogP contribution in [0.15, 0.2) is 91.0 Å². The molecule has 0 fully saturated rings. The van der Waals surface area contributed by atoms with E-state index in [-0.39, 0.29) is 0 Å². The molecule has 0 unspecified atom stereocenters. The van der Waals surface area contributed by atoms with Crippen LogP contribution in [-0.2, 0) is 15.9 Å². The van der Waals surface area contributed by atoms with Crippen molar-refractivity contribution in [1.82, 2.24) is 4.48 Å². The number of para-hydroxylation sites is 2. The fraction of sp³-hybridized carbons (Fsp3) is 0.333. The van der Waals surface area contributed by atoms with Gasteiger partial charge >= 0.3 is 0 Å². The van der Waals surface area contributed by atoms with Crippen molar-refractivity contribution in [1.29, 1.82) is 0 Å². The minimum absolute atomic E-state index is 0.423. The SMILES string of the molecule is CCCC[N+](CCCC)(c1ccccc1)c1ccccc1.O=S(=O)([O-])Cc1ccccc1. The van der Waals surface area contributed by atoms with E-state index in [0.717, 1.165) is 4.48 Å². The van der Waals surface area contributed by atoms with Crippen molar-refractivity contribution in [3.8, 4) is 0 Å². The molecule has 0 aromatic heterocycles. The van der Waals surface area contributed by atoms with E-state index in [1.807, 2.05) is 0 Å². The first kappa shape index (κ1) is 25.8. The normalized spacial score (nSPS) is 11.5. The number of hydrogen-bond acceptors (Lipinski definition) is 3. The van der Waals surface area contributed by atoms with Gasteiger partial charge in [-0.05, 0) is 42.7 Å². The van der Waals surface area contributed by atoms with Gasteiger partial charge in [0.25, 0.3) is 0 Å². The van der Waals surface area contributed by atoms with E-state index in [2.05, 4.69) is 74.5 Å². The van der Waals surface area contributed by atoms with Crippen LogP contribution in [0, 0.1) is 0 Å². The van der Waals surface area contributed by atoms with Gasteiger partial charge in [0, 0.05) is 0 Å². The smallest absolute Gasteiger partial charge is 0.137 e. The van der Waals surface area contributed by atoms with Crippen LogP contribution in [0.3, 0.4) is 0 Å². The minimum Gasteiger partial charge on any atom is -0.748 e. The van der Waals surface area contributed by atoms with E-state index >= 15 is 0 Å². The summed E-state index contributed by atoms with van der Waals surface area (Å²) in [7, 11) is -4.13. The molecule has 0 saturated heterocycles. The number of quaternary nitrogens is 1. The quantitative estimate of drug-likeness (QED) is 0.255. The predicted molar refractivity (Wildman–Crippen MR) is 134 cm³/mol. The Hall–Kier alpha value is -2.47. The van der Waals surface area contributed by atoms with Crippen molar-refractivity contribution in [2.75, 3.05) is 13.1 Å². The summed E-state index contributed by atoms with van der Waals surface area (Å²) >= 11 is 0. The summed E-state index contributed by atoms with van der Waals surface area (Å²) < 4.78 is 31.7. The van der Waals surface area contributed by atoms with Crippen molar-refractivity contribution < 1.29 is 13.0 Å². The van der Waals surface area contributed by atoms with Gasteiger partial charge in [0.15, 0.2) is 0 Å². The average Bonchev–Trinajstić information content (AvgIpc) is 2.81. The van der Waals surface area contributed by atoms with E-state index in [1.54, 1.807) is 30.3 Å². The lowest BCUT2D eigenvalue weighted by Crippen LogP contribution is -2.45. The third-order valence-corrected chi connectivity index (χ3v) is 6.16. The summed E-state index contributed by atoms with van der Waals surface area (Å²) in [6.45, 7) is 6.93. The maximum absolute atomic E-state index is 10.2. The molecule has 0 N–H and O–H groups in total. The van der Waals surface area contributed by atoms with Crippen molar-refractivity contribution in [2.24, 2.45) is 0 Å².